The Morgan fingerprint density at radius 3 is 2.47 bits per heavy atom. The highest BCUT2D eigenvalue weighted by Gasteiger charge is 2.30. The van der Waals surface area contributed by atoms with E-state index < -0.39 is 0 Å². The monoisotopic (exact) mass is 260 g/mol. The fourth-order valence-electron chi connectivity index (χ4n) is 2.83. The molecule has 1 aromatic rings. The molecule has 2 heterocycles. The van der Waals surface area contributed by atoms with Gasteiger partial charge in [-0.2, -0.15) is 0 Å². The van der Waals surface area contributed by atoms with E-state index in [1.54, 1.807) is 0 Å². The standard InChI is InChI=1S/C15H24N4/c1-9-6-7-19(8-10(9)2)15-11(3)13(16)17-14(18-15)12-4-5-12/h9-10,12H,4-8H2,1-3H3,(H2,16,17,18). The van der Waals surface area contributed by atoms with Gasteiger partial charge < -0.3 is 10.6 Å². The van der Waals surface area contributed by atoms with Gasteiger partial charge in [-0.1, -0.05) is 13.8 Å². The predicted octanol–water partition coefficient (Wildman–Crippen LogP) is 2.73. The van der Waals surface area contributed by atoms with Crippen LogP contribution in [0.1, 0.15) is 50.4 Å². The van der Waals surface area contributed by atoms with Crippen LogP contribution in [0.15, 0.2) is 0 Å². The first-order valence-corrected chi connectivity index (χ1v) is 7.45. The van der Waals surface area contributed by atoms with Crippen LogP contribution in [0.2, 0.25) is 0 Å². The lowest BCUT2D eigenvalue weighted by molar-refractivity contribution is 0.322. The number of nitrogens with two attached hydrogens (primary N) is 1. The molecule has 2 aliphatic rings. The van der Waals surface area contributed by atoms with Gasteiger partial charge in [0.1, 0.15) is 17.5 Å². The van der Waals surface area contributed by atoms with E-state index in [1.165, 1.54) is 19.3 Å². The first-order valence-electron chi connectivity index (χ1n) is 7.45. The molecular formula is C15H24N4. The van der Waals surface area contributed by atoms with Crippen LogP contribution in [0, 0.1) is 18.8 Å². The van der Waals surface area contributed by atoms with Gasteiger partial charge >= 0.3 is 0 Å². The average molecular weight is 260 g/mol. The molecule has 0 bridgehead atoms. The van der Waals surface area contributed by atoms with Gasteiger partial charge in [0.05, 0.1) is 0 Å². The molecule has 2 atom stereocenters. The van der Waals surface area contributed by atoms with Crippen molar-refractivity contribution in [2.45, 2.75) is 46.0 Å². The third-order valence-electron chi connectivity index (χ3n) is 4.75. The second kappa shape index (κ2) is 4.66. The molecule has 2 N–H and O–H groups in total. The normalized spacial score (nSPS) is 27.6. The summed E-state index contributed by atoms with van der Waals surface area (Å²) >= 11 is 0. The Hall–Kier alpha value is -1.32. The zero-order valence-corrected chi connectivity index (χ0v) is 12.2. The van der Waals surface area contributed by atoms with E-state index in [2.05, 4.69) is 23.7 Å². The summed E-state index contributed by atoms with van der Waals surface area (Å²) in [7, 11) is 0. The molecule has 104 valence electrons. The van der Waals surface area contributed by atoms with E-state index in [1.807, 2.05) is 6.92 Å². The molecule has 4 heteroatoms. The Bertz CT molecular complexity index is 481. The fraction of sp³-hybridized carbons (Fsp3) is 0.733. The Kier molecular flexibility index (Phi) is 3.11. The number of piperidine rings is 1. The Morgan fingerprint density at radius 2 is 1.84 bits per heavy atom. The number of rotatable bonds is 2. The van der Waals surface area contributed by atoms with E-state index >= 15 is 0 Å². The molecule has 0 radical (unpaired) electrons. The van der Waals surface area contributed by atoms with Crippen LogP contribution in [0.25, 0.3) is 0 Å². The maximum atomic E-state index is 6.08. The number of hydrogen-bond acceptors (Lipinski definition) is 4. The lowest BCUT2D eigenvalue weighted by atomic mass is 9.88. The molecule has 3 rings (SSSR count). The van der Waals surface area contributed by atoms with Crippen molar-refractivity contribution in [3.63, 3.8) is 0 Å². The SMILES string of the molecule is Cc1c(N)nc(C2CC2)nc1N1CCC(C)C(C)C1. The maximum Gasteiger partial charge on any atom is 0.137 e. The van der Waals surface area contributed by atoms with E-state index in [-0.39, 0.29) is 0 Å². The molecule has 2 unspecified atom stereocenters. The van der Waals surface area contributed by atoms with Gasteiger partial charge in [0.15, 0.2) is 0 Å². The first kappa shape index (κ1) is 12.7. The van der Waals surface area contributed by atoms with Gasteiger partial charge in [0, 0.05) is 24.6 Å². The number of hydrogen-bond donors (Lipinski definition) is 1. The molecule has 19 heavy (non-hydrogen) atoms. The van der Waals surface area contributed by atoms with Crippen molar-refractivity contribution in [2.75, 3.05) is 23.7 Å². The van der Waals surface area contributed by atoms with Crippen molar-refractivity contribution in [1.29, 1.82) is 0 Å². The van der Waals surface area contributed by atoms with E-state index in [9.17, 15) is 0 Å². The molecule has 1 saturated carbocycles. The van der Waals surface area contributed by atoms with Crippen molar-refractivity contribution in [2.24, 2.45) is 11.8 Å². The van der Waals surface area contributed by atoms with Crippen molar-refractivity contribution in [3.05, 3.63) is 11.4 Å². The van der Waals surface area contributed by atoms with Crippen LogP contribution >= 0.6 is 0 Å². The lowest BCUT2D eigenvalue weighted by Gasteiger charge is -2.36. The van der Waals surface area contributed by atoms with Crippen LogP contribution in [0.3, 0.4) is 0 Å². The Morgan fingerprint density at radius 1 is 1.11 bits per heavy atom. The molecule has 4 nitrogen and oxygen atoms in total. The van der Waals surface area contributed by atoms with Crippen LogP contribution < -0.4 is 10.6 Å². The van der Waals surface area contributed by atoms with Crippen molar-refractivity contribution >= 4 is 11.6 Å². The van der Waals surface area contributed by atoms with Gasteiger partial charge in [-0.25, -0.2) is 9.97 Å². The zero-order valence-electron chi connectivity index (χ0n) is 12.2. The van der Waals surface area contributed by atoms with Crippen LogP contribution in [0.5, 0.6) is 0 Å². The highest BCUT2D eigenvalue weighted by Crippen LogP contribution is 2.40. The predicted molar refractivity (Wildman–Crippen MR) is 78.3 cm³/mol. The molecular weight excluding hydrogens is 236 g/mol. The van der Waals surface area contributed by atoms with Gasteiger partial charge in [-0.05, 0) is 38.0 Å². The smallest absolute Gasteiger partial charge is 0.137 e. The second-order valence-electron chi connectivity index (χ2n) is 6.38. The highest BCUT2D eigenvalue weighted by atomic mass is 15.2. The minimum Gasteiger partial charge on any atom is -0.383 e. The van der Waals surface area contributed by atoms with E-state index in [0.29, 0.717) is 17.7 Å². The minimum atomic E-state index is 0.558. The fourth-order valence-corrected chi connectivity index (χ4v) is 2.83. The first-order chi connectivity index (χ1) is 9.06. The molecule has 0 aromatic carbocycles. The van der Waals surface area contributed by atoms with Gasteiger partial charge in [0.25, 0.3) is 0 Å². The van der Waals surface area contributed by atoms with Crippen LogP contribution in [-0.2, 0) is 0 Å². The average Bonchev–Trinajstić information content (AvgIpc) is 3.20. The largest absolute Gasteiger partial charge is 0.383 e. The lowest BCUT2D eigenvalue weighted by Crippen LogP contribution is -2.39. The second-order valence-corrected chi connectivity index (χ2v) is 6.38. The number of aromatic nitrogens is 2. The van der Waals surface area contributed by atoms with Crippen LogP contribution in [0.4, 0.5) is 11.6 Å². The maximum absolute atomic E-state index is 6.08. The molecule has 1 aromatic heterocycles. The summed E-state index contributed by atoms with van der Waals surface area (Å²) in [6.07, 6.45) is 3.67. The van der Waals surface area contributed by atoms with E-state index in [0.717, 1.165) is 36.2 Å². The number of nitrogens with zero attached hydrogens (tertiary/aromatic N) is 3. The summed E-state index contributed by atoms with van der Waals surface area (Å²) in [4.78, 5) is 11.7. The third kappa shape index (κ3) is 2.40. The summed E-state index contributed by atoms with van der Waals surface area (Å²) < 4.78 is 0. The van der Waals surface area contributed by atoms with E-state index in [4.69, 9.17) is 10.7 Å². The minimum absolute atomic E-state index is 0.558. The summed E-state index contributed by atoms with van der Waals surface area (Å²) in [5, 5.41) is 0. The molecule has 1 saturated heterocycles. The van der Waals surface area contributed by atoms with Gasteiger partial charge in [0.2, 0.25) is 0 Å². The number of anilines is 2. The molecule has 1 aliphatic carbocycles. The topological polar surface area (TPSA) is 55.0 Å². The Balaban J connectivity index is 1.90. The molecule has 2 fully saturated rings. The zero-order chi connectivity index (χ0) is 13.6. The highest BCUT2D eigenvalue weighted by molar-refractivity contribution is 5.57. The third-order valence-corrected chi connectivity index (χ3v) is 4.75. The Labute approximate surface area is 115 Å². The van der Waals surface area contributed by atoms with Crippen molar-refractivity contribution in [3.8, 4) is 0 Å². The quantitative estimate of drug-likeness (QED) is 0.888. The molecule has 0 amide bonds. The summed E-state index contributed by atoms with van der Waals surface area (Å²) in [6.45, 7) is 8.90. The summed E-state index contributed by atoms with van der Waals surface area (Å²) in [5.41, 5.74) is 7.13. The summed E-state index contributed by atoms with van der Waals surface area (Å²) in [6, 6.07) is 0. The van der Waals surface area contributed by atoms with Crippen molar-refractivity contribution in [1.82, 2.24) is 9.97 Å². The van der Waals surface area contributed by atoms with Crippen LogP contribution in [-0.4, -0.2) is 23.1 Å². The molecule has 1 aliphatic heterocycles. The molecule has 0 spiro atoms. The van der Waals surface area contributed by atoms with Gasteiger partial charge in [-0.3, -0.25) is 0 Å². The number of nitrogen functional groups attached to an aromatic ring is 1. The van der Waals surface area contributed by atoms with Gasteiger partial charge in [-0.15, -0.1) is 0 Å². The summed E-state index contributed by atoms with van der Waals surface area (Å²) in [5.74, 6) is 4.78. The van der Waals surface area contributed by atoms with Crippen molar-refractivity contribution < 1.29 is 0 Å².